The van der Waals surface area contributed by atoms with E-state index < -0.39 is 0 Å². The SMILES string of the molecule is CCCc1nc(Br)cc(SC(C)CO)n1. The highest BCUT2D eigenvalue weighted by Gasteiger charge is 2.07. The van der Waals surface area contributed by atoms with Gasteiger partial charge in [-0.3, -0.25) is 0 Å². The van der Waals surface area contributed by atoms with E-state index in [2.05, 4.69) is 32.8 Å². The normalized spacial score (nSPS) is 12.8. The molecule has 0 aromatic carbocycles. The fraction of sp³-hybridized carbons (Fsp3) is 0.600. The largest absolute Gasteiger partial charge is 0.395 e. The summed E-state index contributed by atoms with van der Waals surface area (Å²) in [5.74, 6) is 0.861. The zero-order valence-electron chi connectivity index (χ0n) is 8.90. The molecule has 15 heavy (non-hydrogen) atoms. The van der Waals surface area contributed by atoms with Crippen LogP contribution in [0.25, 0.3) is 0 Å². The highest BCUT2D eigenvalue weighted by Crippen LogP contribution is 2.23. The van der Waals surface area contributed by atoms with Gasteiger partial charge in [0.25, 0.3) is 0 Å². The molecule has 0 amide bonds. The molecule has 1 N–H and O–H groups in total. The van der Waals surface area contributed by atoms with Crippen molar-refractivity contribution in [3.05, 3.63) is 16.5 Å². The molecule has 0 aliphatic rings. The smallest absolute Gasteiger partial charge is 0.130 e. The Kier molecular flexibility index (Phi) is 5.56. The molecule has 84 valence electrons. The summed E-state index contributed by atoms with van der Waals surface area (Å²) in [6.45, 7) is 4.24. The molecule has 5 heteroatoms. The topological polar surface area (TPSA) is 46.0 Å². The third-order valence-corrected chi connectivity index (χ3v) is 3.18. The number of rotatable bonds is 5. The molecule has 1 rings (SSSR count). The van der Waals surface area contributed by atoms with Gasteiger partial charge < -0.3 is 5.11 Å². The number of aliphatic hydroxyl groups is 1. The highest BCUT2D eigenvalue weighted by atomic mass is 79.9. The summed E-state index contributed by atoms with van der Waals surface area (Å²) in [5, 5.41) is 10.0. The molecule has 0 aliphatic carbocycles. The van der Waals surface area contributed by atoms with Crippen molar-refractivity contribution in [1.82, 2.24) is 9.97 Å². The summed E-state index contributed by atoms with van der Waals surface area (Å²) in [6.07, 6.45) is 1.93. The minimum atomic E-state index is 0.162. The van der Waals surface area contributed by atoms with Gasteiger partial charge in [0, 0.05) is 17.7 Å². The van der Waals surface area contributed by atoms with Crippen molar-refractivity contribution in [2.45, 2.75) is 37.0 Å². The van der Waals surface area contributed by atoms with Gasteiger partial charge in [-0.1, -0.05) is 13.8 Å². The van der Waals surface area contributed by atoms with E-state index in [0.29, 0.717) is 0 Å². The van der Waals surface area contributed by atoms with Crippen LogP contribution in [-0.2, 0) is 6.42 Å². The van der Waals surface area contributed by atoms with E-state index in [1.54, 1.807) is 11.8 Å². The number of hydrogen-bond donors (Lipinski definition) is 1. The third-order valence-electron chi connectivity index (χ3n) is 1.77. The van der Waals surface area contributed by atoms with Crippen LogP contribution in [0.2, 0.25) is 0 Å². The number of aryl methyl sites for hydroxylation is 1. The summed E-state index contributed by atoms with van der Waals surface area (Å²) >= 11 is 4.93. The van der Waals surface area contributed by atoms with Gasteiger partial charge in [-0.15, -0.1) is 11.8 Å². The number of nitrogens with zero attached hydrogens (tertiary/aromatic N) is 2. The number of halogens is 1. The first-order valence-corrected chi connectivity index (χ1v) is 6.64. The van der Waals surface area contributed by atoms with Gasteiger partial charge in [0.15, 0.2) is 0 Å². The number of thioether (sulfide) groups is 1. The van der Waals surface area contributed by atoms with Gasteiger partial charge in [-0.2, -0.15) is 0 Å². The zero-order valence-corrected chi connectivity index (χ0v) is 11.3. The lowest BCUT2D eigenvalue weighted by Gasteiger charge is -2.08. The molecule has 0 fully saturated rings. The number of aliphatic hydroxyl groups excluding tert-OH is 1. The average molecular weight is 291 g/mol. The van der Waals surface area contributed by atoms with Gasteiger partial charge in [0.05, 0.1) is 6.61 Å². The van der Waals surface area contributed by atoms with Gasteiger partial charge in [-0.05, 0) is 22.4 Å². The molecule has 0 spiro atoms. The maximum absolute atomic E-state index is 8.96. The van der Waals surface area contributed by atoms with E-state index in [1.165, 1.54) is 0 Å². The molecular weight excluding hydrogens is 276 g/mol. The molecule has 3 nitrogen and oxygen atoms in total. The second kappa shape index (κ2) is 6.45. The first kappa shape index (κ1) is 12.9. The lowest BCUT2D eigenvalue weighted by Crippen LogP contribution is -2.04. The van der Waals surface area contributed by atoms with Gasteiger partial charge >= 0.3 is 0 Å². The summed E-state index contributed by atoms with van der Waals surface area (Å²) in [5.41, 5.74) is 0. The van der Waals surface area contributed by atoms with Gasteiger partial charge in [0.2, 0.25) is 0 Å². The highest BCUT2D eigenvalue weighted by molar-refractivity contribution is 9.10. The maximum atomic E-state index is 8.96. The molecule has 1 unspecified atom stereocenters. The van der Waals surface area contributed by atoms with Crippen molar-refractivity contribution in [1.29, 1.82) is 0 Å². The molecule has 1 aromatic heterocycles. The van der Waals surface area contributed by atoms with Crippen molar-refractivity contribution in [2.75, 3.05) is 6.61 Å². The fourth-order valence-corrected chi connectivity index (χ4v) is 2.48. The molecule has 1 atom stereocenters. The Morgan fingerprint density at radius 2 is 2.27 bits per heavy atom. The molecule has 1 heterocycles. The Labute approximate surface area is 103 Å². The van der Waals surface area contributed by atoms with E-state index in [0.717, 1.165) is 28.3 Å². The van der Waals surface area contributed by atoms with Gasteiger partial charge in [-0.25, -0.2) is 9.97 Å². The van der Waals surface area contributed by atoms with E-state index in [1.807, 2.05) is 13.0 Å². The van der Waals surface area contributed by atoms with Crippen LogP contribution in [0.15, 0.2) is 15.7 Å². The average Bonchev–Trinajstić information content (AvgIpc) is 2.17. The standard InChI is InChI=1S/C10H15BrN2OS/c1-3-4-9-12-8(11)5-10(13-9)15-7(2)6-14/h5,7,14H,3-4,6H2,1-2H3. The van der Waals surface area contributed by atoms with E-state index in [9.17, 15) is 0 Å². The molecule has 0 radical (unpaired) electrons. The minimum Gasteiger partial charge on any atom is -0.395 e. The quantitative estimate of drug-likeness (QED) is 0.669. The Morgan fingerprint density at radius 1 is 1.53 bits per heavy atom. The first-order chi connectivity index (χ1) is 7.15. The predicted octanol–water partition coefficient (Wildman–Crippen LogP) is 2.66. The van der Waals surface area contributed by atoms with Crippen LogP contribution in [0, 0.1) is 0 Å². The Bertz CT molecular complexity index is 322. The molecule has 1 aromatic rings. The van der Waals surface area contributed by atoms with Crippen LogP contribution < -0.4 is 0 Å². The zero-order chi connectivity index (χ0) is 11.3. The van der Waals surface area contributed by atoms with Crippen LogP contribution >= 0.6 is 27.7 Å². The molecule has 0 saturated carbocycles. The third kappa shape index (κ3) is 4.49. The summed E-state index contributed by atoms with van der Waals surface area (Å²) in [4.78, 5) is 8.71. The Balaban J connectivity index is 2.78. The Hall–Kier alpha value is -0.130. The van der Waals surface area contributed by atoms with Crippen LogP contribution in [0.5, 0.6) is 0 Å². The minimum absolute atomic E-state index is 0.162. The number of aromatic nitrogens is 2. The van der Waals surface area contributed by atoms with Crippen molar-refractivity contribution >= 4 is 27.7 Å². The maximum Gasteiger partial charge on any atom is 0.130 e. The monoisotopic (exact) mass is 290 g/mol. The summed E-state index contributed by atoms with van der Waals surface area (Å²) in [6, 6.07) is 1.88. The first-order valence-electron chi connectivity index (χ1n) is 4.96. The van der Waals surface area contributed by atoms with E-state index in [-0.39, 0.29) is 11.9 Å². The lowest BCUT2D eigenvalue weighted by molar-refractivity contribution is 0.300. The molecule has 0 saturated heterocycles. The Morgan fingerprint density at radius 3 is 2.87 bits per heavy atom. The van der Waals surface area contributed by atoms with Crippen LogP contribution in [0.4, 0.5) is 0 Å². The number of hydrogen-bond acceptors (Lipinski definition) is 4. The molecular formula is C10H15BrN2OS. The van der Waals surface area contributed by atoms with Crippen molar-refractivity contribution in [3.8, 4) is 0 Å². The second-order valence-corrected chi connectivity index (χ2v) is 5.58. The van der Waals surface area contributed by atoms with E-state index in [4.69, 9.17) is 5.11 Å². The fourth-order valence-electron chi connectivity index (χ4n) is 1.08. The van der Waals surface area contributed by atoms with E-state index >= 15 is 0 Å². The van der Waals surface area contributed by atoms with Crippen LogP contribution in [0.1, 0.15) is 26.1 Å². The van der Waals surface area contributed by atoms with Crippen molar-refractivity contribution in [2.24, 2.45) is 0 Å². The predicted molar refractivity (Wildman–Crippen MR) is 66.1 cm³/mol. The summed E-state index contributed by atoms with van der Waals surface area (Å²) < 4.78 is 0.814. The van der Waals surface area contributed by atoms with Crippen molar-refractivity contribution < 1.29 is 5.11 Å². The van der Waals surface area contributed by atoms with Crippen LogP contribution in [0.3, 0.4) is 0 Å². The second-order valence-electron chi connectivity index (χ2n) is 3.31. The van der Waals surface area contributed by atoms with Crippen molar-refractivity contribution in [3.63, 3.8) is 0 Å². The molecule has 0 aliphatic heterocycles. The molecule has 0 bridgehead atoms. The lowest BCUT2D eigenvalue weighted by atomic mass is 10.3. The summed E-state index contributed by atoms with van der Waals surface area (Å²) in [7, 11) is 0. The van der Waals surface area contributed by atoms with Crippen LogP contribution in [-0.4, -0.2) is 26.9 Å². The van der Waals surface area contributed by atoms with Gasteiger partial charge in [0.1, 0.15) is 15.5 Å².